The number of ether oxygens (including phenoxy) is 2. The quantitative estimate of drug-likeness (QED) is 0.627. The predicted octanol–water partition coefficient (Wildman–Crippen LogP) is 2.10. The van der Waals surface area contributed by atoms with E-state index in [9.17, 15) is 26.3 Å². The van der Waals surface area contributed by atoms with E-state index in [1.165, 1.54) is 0 Å². The molecule has 0 aliphatic rings. The van der Waals surface area contributed by atoms with Gasteiger partial charge in [-0.05, 0) is 0 Å². The van der Waals surface area contributed by atoms with E-state index < -0.39 is 32.4 Å². The Morgan fingerprint density at radius 1 is 0.846 bits per heavy atom. The van der Waals surface area contributed by atoms with Crippen LogP contribution < -0.4 is 0 Å². The zero-order valence-electron chi connectivity index (χ0n) is 6.15. The van der Waals surface area contributed by atoms with E-state index in [0.717, 1.165) is 0 Å². The summed E-state index contributed by atoms with van der Waals surface area (Å²) in [5.41, 5.74) is 0. The van der Waals surface area contributed by atoms with Crippen LogP contribution in [-0.2, 0) is 9.47 Å². The summed E-state index contributed by atoms with van der Waals surface area (Å²) in [5.74, 6) is -3.84. The summed E-state index contributed by atoms with van der Waals surface area (Å²) in [6, 6.07) is 0. The Balaban J connectivity index is 3.66. The van der Waals surface area contributed by atoms with Crippen molar-refractivity contribution in [2.45, 2.75) is 19.1 Å². The monoisotopic (exact) mass is 212 g/mol. The van der Waals surface area contributed by atoms with Crippen LogP contribution >= 0.6 is 0 Å². The van der Waals surface area contributed by atoms with Gasteiger partial charge in [0.1, 0.15) is 13.2 Å². The van der Waals surface area contributed by atoms with Crippen LogP contribution in [0.2, 0.25) is 0 Å². The average molecular weight is 212 g/mol. The molecule has 0 aliphatic carbocycles. The Hall–Kier alpha value is -0.500. The van der Waals surface area contributed by atoms with Gasteiger partial charge in [0.05, 0.1) is 0 Å². The summed E-state index contributed by atoms with van der Waals surface area (Å²) < 4.78 is 75.8. The summed E-state index contributed by atoms with van der Waals surface area (Å²) in [7, 11) is 0. The lowest BCUT2D eigenvalue weighted by molar-refractivity contribution is -0.224. The van der Waals surface area contributed by atoms with Crippen LogP contribution in [0.4, 0.5) is 26.3 Å². The van der Waals surface area contributed by atoms with E-state index in [0.29, 0.717) is 0 Å². The molecule has 80 valence electrons. The minimum atomic E-state index is -3.84. The molecule has 0 spiro atoms. The van der Waals surface area contributed by atoms with Crippen molar-refractivity contribution in [3.63, 3.8) is 0 Å². The molecule has 0 saturated carbocycles. The molecule has 13 heavy (non-hydrogen) atoms. The fourth-order valence-electron chi connectivity index (χ4n) is 0.411. The molecule has 0 aromatic heterocycles. The highest BCUT2D eigenvalue weighted by molar-refractivity contribution is 4.63. The Morgan fingerprint density at radius 3 is 1.38 bits per heavy atom. The molecule has 0 unspecified atom stereocenters. The molecular weight excluding hydrogens is 206 g/mol. The largest absolute Gasteiger partial charge is 0.345 e. The van der Waals surface area contributed by atoms with Gasteiger partial charge in [-0.25, -0.2) is 8.78 Å². The van der Waals surface area contributed by atoms with Crippen LogP contribution in [0.3, 0.4) is 0 Å². The van der Waals surface area contributed by atoms with Crippen molar-refractivity contribution in [1.82, 2.24) is 0 Å². The topological polar surface area (TPSA) is 18.5 Å². The van der Waals surface area contributed by atoms with Crippen LogP contribution in [0.5, 0.6) is 0 Å². The lowest BCUT2D eigenvalue weighted by Crippen LogP contribution is -2.31. The van der Waals surface area contributed by atoms with Crippen LogP contribution in [0, 0.1) is 0 Å². The highest BCUT2D eigenvalue weighted by Gasteiger charge is 2.32. The minimum absolute atomic E-state index is 1.66. The van der Waals surface area contributed by atoms with Crippen LogP contribution in [0.25, 0.3) is 0 Å². The summed E-state index contributed by atoms with van der Waals surface area (Å²) >= 11 is 0. The maximum absolute atomic E-state index is 12.2. The molecule has 0 saturated heterocycles. The fraction of sp³-hybridized carbons (Fsp3) is 1.00. The van der Waals surface area contributed by atoms with Gasteiger partial charge in [0, 0.05) is 0 Å². The van der Waals surface area contributed by atoms with Gasteiger partial charge in [-0.15, -0.1) is 0 Å². The Bertz CT molecular complexity index is 125. The van der Waals surface area contributed by atoms with E-state index in [1.54, 1.807) is 0 Å². The van der Waals surface area contributed by atoms with E-state index in [2.05, 4.69) is 9.47 Å². The Labute approximate surface area is 69.4 Å². The van der Waals surface area contributed by atoms with Crippen molar-refractivity contribution in [3.8, 4) is 0 Å². The first-order valence-electron chi connectivity index (χ1n) is 3.01. The van der Waals surface area contributed by atoms with E-state index in [-0.39, 0.29) is 0 Å². The molecule has 0 amide bonds. The molecule has 0 heterocycles. The van der Waals surface area contributed by atoms with Crippen molar-refractivity contribution < 1.29 is 35.8 Å². The van der Waals surface area contributed by atoms with Gasteiger partial charge in [0.2, 0.25) is 0 Å². The lowest BCUT2D eigenvalue weighted by Gasteiger charge is -2.15. The first kappa shape index (κ1) is 12.5. The maximum atomic E-state index is 12.2. The highest BCUT2D eigenvalue weighted by Crippen LogP contribution is 2.17. The number of hydrogen-bond acceptors (Lipinski definition) is 2. The number of hydrogen-bond donors (Lipinski definition) is 0. The molecule has 0 radical (unpaired) electrons. The van der Waals surface area contributed by atoms with Crippen molar-refractivity contribution in [2.75, 3.05) is 13.2 Å². The minimum Gasteiger partial charge on any atom is -0.317 e. The summed E-state index contributed by atoms with van der Waals surface area (Å²) in [6.45, 7) is -10.0. The van der Waals surface area contributed by atoms with Crippen molar-refractivity contribution in [3.05, 3.63) is 0 Å². The second-order valence-corrected chi connectivity index (χ2v) is 2.00. The summed E-state index contributed by atoms with van der Waals surface area (Å²) in [6.07, 6.45) is 0. The molecule has 0 aromatic rings. The van der Waals surface area contributed by atoms with Gasteiger partial charge >= 0.3 is 13.2 Å². The number of alkyl halides is 6. The first-order valence-corrected chi connectivity index (χ1v) is 3.01. The van der Waals surface area contributed by atoms with Gasteiger partial charge < -0.3 is 9.47 Å². The predicted molar refractivity (Wildman–Crippen MR) is 28.9 cm³/mol. The van der Waals surface area contributed by atoms with Gasteiger partial charge in [0.25, 0.3) is 5.92 Å². The van der Waals surface area contributed by atoms with Crippen molar-refractivity contribution in [1.29, 1.82) is 0 Å². The zero-order valence-corrected chi connectivity index (χ0v) is 6.15. The lowest BCUT2D eigenvalue weighted by atomic mass is 10.4. The third-order valence-electron chi connectivity index (χ3n) is 0.841. The molecule has 0 fully saturated rings. The van der Waals surface area contributed by atoms with Gasteiger partial charge in [0.15, 0.2) is 0 Å². The normalized spacial score (nSPS) is 12.9. The smallest absolute Gasteiger partial charge is 0.317 e. The third-order valence-corrected chi connectivity index (χ3v) is 0.841. The third kappa shape index (κ3) is 7.85. The highest BCUT2D eigenvalue weighted by atomic mass is 19.3. The average Bonchev–Trinajstić information content (AvgIpc) is 1.98. The van der Waals surface area contributed by atoms with E-state index >= 15 is 0 Å². The molecule has 0 N–H and O–H groups in total. The van der Waals surface area contributed by atoms with Gasteiger partial charge in [-0.2, -0.15) is 17.6 Å². The Kier molecular flexibility index (Phi) is 5.07. The van der Waals surface area contributed by atoms with Crippen LogP contribution in [0.1, 0.15) is 0 Å². The van der Waals surface area contributed by atoms with E-state index in [1.807, 2.05) is 0 Å². The standard InChI is InChI=1S/C5H6F6O2/c6-3(7)12-1-5(10,11)2-13-4(8)9/h3-4H,1-2H2. The second kappa shape index (κ2) is 5.28. The van der Waals surface area contributed by atoms with E-state index in [4.69, 9.17) is 0 Å². The zero-order chi connectivity index (χ0) is 10.5. The summed E-state index contributed by atoms with van der Waals surface area (Å²) in [4.78, 5) is 0. The van der Waals surface area contributed by atoms with Crippen molar-refractivity contribution >= 4 is 0 Å². The van der Waals surface area contributed by atoms with Crippen LogP contribution in [0.15, 0.2) is 0 Å². The molecule has 0 aromatic carbocycles. The molecular formula is C5H6F6O2. The second-order valence-electron chi connectivity index (χ2n) is 2.00. The van der Waals surface area contributed by atoms with Crippen molar-refractivity contribution in [2.24, 2.45) is 0 Å². The SMILES string of the molecule is FC(F)OCC(F)(F)COC(F)F. The molecule has 0 aliphatic heterocycles. The van der Waals surface area contributed by atoms with Crippen LogP contribution in [-0.4, -0.2) is 32.4 Å². The van der Waals surface area contributed by atoms with Gasteiger partial charge in [-0.3, -0.25) is 0 Å². The number of halogens is 6. The molecule has 0 rings (SSSR count). The molecule has 2 nitrogen and oxygen atoms in total. The molecule has 8 heteroatoms. The maximum Gasteiger partial charge on any atom is 0.345 e. The first-order chi connectivity index (χ1) is 5.83. The van der Waals surface area contributed by atoms with Gasteiger partial charge in [-0.1, -0.05) is 0 Å². The Morgan fingerprint density at radius 2 is 1.15 bits per heavy atom. The summed E-state index contributed by atoms with van der Waals surface area (Å²) in [5, 5.41) is 0. The fourth-order valence-corrected chi connectivity index (χ4v) is 0.411. The molecule has 0 bridgehead atoms. The number of rotatable bonds is 6. The molecule has 0 atom stereocenters.